The van der Waals surface area contributed by atoms with Crippen LogP contribution in [0.4, 0.5) is 0 Å². The number of hydrogen-bond donors (Lipinski definition) is 0. The Balaban J connectivity index is 2.19. The number of rotatable bonds is 8. The molecule has 0 atom stereocenters. The SMILES string of the molecule is C=C/C(=C\C)N(Cc1ccc(/C(C)=C/C(=C)OC)cc1)C(=O)C1CCCCC1. The number of allylic oxidation sites excluding steroid dienone is 4. The van der Waals surface area contributed by atoms with Gasteiger partial charge in [0.25, 0.3) is 0 Å². The molecule has 0 bridgehead atoms. The fraction of sp³-hybridized carbons (Fsp3) is 0.400. The minimum absolute atomic E-state index is 0.133. The number of nitrogens with zero attached hydrogens (tertiary/aromatic N) is 1. The average Bonchev–Trinajstić information content (AvgIpc) is 2.74. The molecule has 0 aromatic heterocycles. The van der Waals surface area contributed by atoms with Crippen molar-refractivity contribution in [3.05, 3.63) is 78.2 Å². The molecule has 3 heteroatoms. The summed E-state index contributed by atoms with van der Waals surface area (Å²) in [5.74, 6) is 0.993. The summed E-state index contributed by atoms with van der Waals surface area (Å²) in [6, 6.07) is 8.33. The van der Waals surface area contributed by atoms with Crippen molar-refractivity contribution >= 4 is 11.5 Å². The molecule has 1 fully saturated rings. The Hall–Kier alpha value is -2.55. The highest BCUT2D eigenvalue weighted by molar-refractivity contribution is 5.81. The highest BCUT2D eigenvalue weighted by atomic mass is 16.5. The van der Waals surface area contributed by atoms with Gasteiger partial charge in [-0.2, -0.15) is 0 Å². The molecule has 2 rings (SSSR count). The second kappa shape index (κ2) is 10.7. The number of benzene rings is 1. The Bertz CT molecular complexity index is 749. The van der Waals surface area contributed by atoms with Gasteiger partial charge in [-0.05, 0) is 55.5 Å². The molecule has 3 nitrogen and oxygen atoms in total. The monoisotopic (exact) mass is 379 g/mol. The molecule has 0 aliphatic heterocycles. The summed E-state index contributed by atoms with van der Waals surface area (Å²) in [6.45, 7) is 12.3. The number of amides is 1. The standard InChI is InChI=1S/C25H33NO2/c1-6-24(7-2)26(25(27)23-11-9-8-10-12-23)18-21-13-15-22(16-14-21)19(3)17-20(4)28-5/h6-7,13-17,23H,1,4,8-12,18H2,2-3,5H3/b19-17+,24-7+. The Kier molecular flexibility index (Phi) is 8.31. The van der Waals surface area contributed by atoms with Gasteiger partial charge in [0.2, 0.25) is 5.91 Å². The molecule has 1 saturated carbocycles. The van der Waals surface area contributed by atoms with Crippen molar-refractivity contribution in [2.75, 3.05) is 7.11 Å². The van der Waals surface area contributed by atoms with Gasteiger partial charge < -0.3 is 9.64 Å². The van der Waals surface area contributed by atoms with Crippen molar-refractivity contribution < 1.29 is 9.53 Å². The molecule has 0 spiro atoms. The maximum absolute atomic E-state index is 13.2. The molecule has 0 N–H and O–H groups in total. The van der Waals surface area contributed by atoms with Crippen molar-refractivity contribution in [1.82, 2.24) is 4.90 Å². The fourth-order valence-electron chi connectivity index (χ4n) is 3.69. The molecule has 0 radical (unpaired) electrons. The topological polar surface area (TPSA) is 29.5 Å². The van der Waals surface area contributed by atoms with Gasteiger partial charge in [0, 0.05) is 11.6 Å². The number of carbonyl (C=O) groups excluding carboxylic acids is 1. The average molecular weight is 380 g/mol. The minimum Gasteiger partial charge on any atom is -0.497 e. The molecule has 1 aliphatic carbocycles. The van der Waals surface area contributed by atoms with Crippen molar-refractivity contribution in [3.8, 4) is 0 Å². The summed E-state index contributed by atoms with van der Waals surface area (Å²) < 4.78 is 5.12. The molecular formula is C25H33NO2. The quantitative estimate of drug-likeness (QED) is 0.395. The molecule has 150 valence electrons. The molecule has 1 aliphatic rings. The van der Waals surface area contributed by atoms with Gasteiger partial charge in [-0.1, -0.05) is 62.8 Å². The van der Waals surface area contributed by atoms with E-state index in [4.69, 9.17) is 4.74 Å². The van der Waals surface area contributed by atoms with Crippen LogP contribution in [0.5, 0.6) is 0 Å². The summed E-state index contributed by atoms with van der Waals surface area (Å²) in [7, 11) is 1.62. The summed E-state index contributed by atoms with van der Waals surface area (Å²) in [5, 5.41) is 0. The van der Waals surface area contributed by atoms with Crippen LogP contribution in [0.3, 0.4) is 0 Å². The maximum atomic E-state index is 13.2. The van der Waals surface area contributed by atoms with Crippen LogP contribution in [0, 0.1) is 5.92 Å². The van der Waals surface area contributed by atoms with E-state index in [1.807, 2.05) is 30.9 Å². The van der Waals surface area contributed by atoms with Crippen LogP contribution in [-0.4, -0.2) is 17.9 Å². The van der Waals surface area contributed by atoms with Gasteiger partial charge in [-0.25, -0.2) is 0 Å². The third-order valence-corrected chi connectivity index (χ3v) is 5.43. The van der Waals surface area contributed by atoms with E-state index in [9.17, 15) is 4.79 Å². The largest absolute Gasteiger partial charge is 0.497 e. The van der Waals surface area contributed by atoms with E-state index in [1.54, 1.807) is 13.2 Å². The number of ether oxygens (including phenoxy) is 1. The van der Waals surface area contributed by atoms with E-state index in [-0.39, 0.29) is 11.8 Å². The Morgan fingerprint density at radius 1 is 1.21 bits per heavy atom. The van der Waals surface area contributed by atoms with Crippen LogP contribution in [0.25, 0.3) is 5.57 Å². The third kappa shape index (κ3) is 5.72. The van der Waals surface area contributed by atoms with E-state index in [0.29, 0.717) is 12.3 Å². The zero-order valence-electron chi connectivity index (χ0n) is 17.5. The van der Waals surface area contributed by atoms with E-state index in [1.165, 1.54) is 6.42 Å². The molecule has 1 aromatic carbocycles. The molecule has 1 amide bonds. The minimum atomic E-state index is 0.133. The van der Waals surface area contributed by atoms with Crippen molar-refractivity contribution in [2.24, 2.45) is 5.92 Å². The van der Waals surface area contributed by atoms with Gasteiger partial charge in [-0.3, -0.25) is 4.79 Å². The second-order valence-electron chi connectivity index (χ2n) is 7.37. The van der Waals surface area contributed by atoms with Crippen molar-refractivity contribution in [1.29, 1.82) is 0 Å². The lowest BCUT2D eigenvalue weighted by Gasteiger charge is -2.30. The smallest absolute Gasteiger partial charge is 0.230 e. The highest BCUT2D eigenvalue weighted by Gasteiger charge is 2.27. The Morgan fingerprint density at radius 3 is 2.39 bits per heavy atom. The molecule has 0 heterocycles. The molecule has 28 heavy (non-hydrogen) atoms. The van der Waals surface area contributed by atoms with Crippen LogP contribution in [0.1, 0.15) is 57.1 Å². The predicted octanol–water partition coefficient (Wildman–Crippen LogP) is 6.25. The normalized spacial score (nSPS) is 15.8. The lowest BCUT2D eigenvalue weighted by Crippen LogP contribution is -2.35. The van der Waals surface area contributed by atoms with Crippen LogP contribution in [0.15, 0.2) is 67.1 Å². The predicted molar refractivity (Wildman–Crippen MR) is 117 cm³/mol. The zero-order chi connectivity index (χ0) is 20.5. The fourth-order valence-corrected chi connectivity index (χ4v) is 3.69. The van der Waals surface area contributed by atoms with Crippen LogP contribution >= 0.6 is 0 Å². The van der Waals surface area contributed by atoms with Gasteiger partial charge in [0.05, 0.1) is 13.7 Å². The zero-order valence-corrected chi connectivity index (χ0v) is 17.5. The van der Waals surface area contributed by atoms with Crippen LogP contribution in [0.2, 0.25) is 0 Å². The van der Waals surface area contributed by atoms with E-state index in [0.717, 1.165) is 48.1 Å². The number of methoxy groups -OCH3 is 1. The lowest BCUT2D eigenvalue weighted by molar-refractivity contribution is -0.134. The molecule has 0 unspecified atom stereocenters. The highest BCUT2D eigenvalue weighted by Crippen LogP contribution is 2.28. The molecule has 0 saturated heterocycles. The van der Waals surface area contributed by atoms with Gasteiger partial charge in [-0.15, -0.1) is 0 Å². The van der Waals surface area contributed by atoms with Crippen LogP contribution < -0.4 is 0 Å². The summed E-state index contributed by atoms with van der Waals surface area (Å²) >= 11 is 0. The lowest BCUT2D eigenvalue weighted by atomic mass is 9.88. The second-order valence-corrected chi connectivity index (χ2v) is 7.37. The summed E-state index contributed by atoms with van der Waals surface area (Å²) in [5.41, 5.74) is 4.19. The first-order valence-electron chi connectivity index (χ1n) is 10.1. The summed E-state index contributed by atoms with van der Waals surface area (Å²) in [6.07, 6.45) is 11.2. The Morgan fingerprint density at radius 2 is 1.86 bits per heavy atom. The van der Waals surface area contributed by atoms with E-state index < -0.39 is 0 Å². The van der Waals surface area contributed by atoms with Crippen LogP contribution in [-0.2, 0) is 16.1 Å². The molecule has 1 aromatic rings. The molecular weight excluding hydrogens is 346 g/mol. The van der Waals surface area contributed by atoms with Crippen molar-refractivity contribution in [2.45, 2.75) is 52.5 Å². The summed E-state index contributed by atoms with van der Waals surface area (Å²) in [4.78, 5) is 15.1. The van der Waals surface area contributed by atoms with Gasteiger partial charge in [0.1, 0.15) is 5.76 Å². The van der Waals surface area contributed by atoms with E-state index >= 15 is 0 Å². The van der Waals surface area contributed by atoms with E-state index in [2.05, 4.69) is 37.4 Å². The van der Waals surface area contributed by atoms with Gasteiger partial charge >= 0.3 is 0 Å². The Labute approximate surface area is 170 Å². The number of hydrogen-bond acceptors (Lipinski definition) is 2. The first-order valence-corrected chi connectivity index (χ1v) is 10.1. The van der Waals surface area contributed by atoms with Crippen molar-refractivity contribution in [3.63, 3.8) is 0 Å². The first-order chi connectivity index (χ1) is 13.5. The third-order valence-electron chi connectivity index (χ3n) is 5.43. The number of carbonyl (C=O) groups is 1. The first kappa shape index (κ1) is 21.7. The maximum Gasteiger partial charge on any atom is 0.230 e. The van der Waals surface area contributed by atoms with Gasteiger partial charge in [0.15, 0.2) is 0 Å².